The Morgan fingerprint density at radius 2 is 1.69 bits per heavy atom. The number of benzene rings is 3. The Bertz CT molecular complexity index is 1550. The number of halogens is 2. The zero-order valence-electron chi connectivity index (χ0n) is 24.1. The van der Waals surface area contributed by atoms with Gasteiger partial charge in [0, 0.05) is 60.0 Å². The van der Waals surface area contributed by atoms with Gasteiger partial charge in [0.1, 0.15) is 11.3 Å². The second kappa shape index (κ2) is 13.1. The smallest absolute Gasteiger partial charge is 0.262 e. The maximum Gasteiger partial charge on any atom is 0.262 e. The molecule has 0 saturated carbocycles. The summed E-state index contributed by atoms with van der Waals surface area (Å²) in [5.74, 6) is 0.358. The molecule has 4 aromatic rings. The highest BCUT2D eigenvalue weighted by Crippen LogP contribution is 2.33. The molecule has 0 unspecified atom stereocenters. The topological polar surface area (TPSA) is 82.6 Å². The normalized spacial score (nSPS) is 13.7. The quantitative estimate of drug-likeness (QED) is 0.201. The molecule has 2 N–H and O–H groups in total. The highest BCUT2D eigenvalue weighted by Gasteiger charge is 2.21. The minimum Gasteiger partial charge on any atom is -0.436 e. The minimum atomic E-state index is -0.385. The van der Waals surface area contributed by atoms with Crippen molar-refractivity contribution in [3.63, 3.8) is 0 Å². The summed E-state index contributed by atoms with van der Waals surface area (Å²) >= 11 is 9.85. The average Bonchev–Trinajstić information content (AvgIpc) is 2.97. The van der Waals surface area contributed by atoms with E-state index in [1.807, 2.05) is 50.2 Å². The summed E-state index contributed by atoms with van der Waals surface area (Å²) in [5.41, 5.74) is 4.82. The van der Waals surface area contributed by atoms with Gasteiger partial charge in [-0.15, -0.1) is 0 Å². The molecule has 0 aliphatic carbocycles. The Kier molecular flexibility index (Phi) is 9.30. The van der Waals surface area contributed by atoms with E-state index in [2.05, 4.69) is 72.3 Å². The molecule has 0 bridgehead atoms. The van der Waals surface area contributed by atoms with Crippen LogP contribution in [-0.4, -0.2) is 53.0 Å². The third-order valence-electron chi connectivity index (χ3n) is 7.35. The third-order valence-corrected chi connectivity index (χ3v) is 8.14. The number of rotatable bonds is 8. The van der Waals surface area contributed by atoms with Crippen LogP contribution in [0.15, 0.2) is 71.3 Å². The highest BCUT2D eigenvalue weighted by atomic mass is 79.9. The average molecular weight is 650 g/mol. The number of hydrogen-bond acceptors (Lipinski definition) is 7. The second-order valence-electron chi connectivity index (χ2n) is 10.6. The molecule has 42 heavy (non-hydrogen) atoms. The lowest BCUT2D eigenvalue weighted by molar-refractivity contribution is 0.102. The molecular formula is C32H34BrClN6O2. The van der Waals surface area contributed by atoms with E-state index >= 15 is 0 Å². The van der Waals surface area contributed by atoms with Crippen LogP contribution >= 0.6 is 27.5 Å². The van der Waals surface area contributed by atoms with Crippen LogP contribution < -0.4 is 20.3 Å². The SMILES string of the molecule is Cc1cccc(C)c1NC(=O)c1cnc(Nc2ccc(N3CCN(C(C)C)CC3)cc2)nc1Oc1ccc(Br)cc1Cl. The molecule has 218 valence electrons. The molecule has 1 aromatic heterocycles. The number of ether oxygens (including phenoxy) is 1. The summed E-state index contributed by atoms with van der Waals surface area (Å²) in [7, 11) is 0. The molecule has 3 aromatic carbocycles. The Morgan fingerprint density at radius 3 is 2.33 bits per heavy atom. The predicted molar refractivity (Wildman–Crippen MR) is 174 cm³/mol. The van der Waals surface area contributed by atoms with Gasteiger partial charge in [0.15, 0.2) is 0 Å². The second-order valence-corrected chi connectivity index (χ2v) is 11.9. The van der Waals surface area contributed by atoms with Crippen molar-refractivity contribution in [2.45, 2.75) is 33.7 Å². The Labute approximate surface area is 260 Å². The van der Waals surface area contributed by atoms with Crippen molar-refractivity contribution < 1.29 is 9.53 Å². The van der Waals surface area contributed by atoms with E-state index in [1.54, 1.807) is 12.1 Å². The van der Waals surface area contributed by atoms with E-state index in [4.69, 9.17) is 16.3 Å². The zero-order valence-corrected chi connectivity index (χ0v) is 26.5. The molecule has 0 radical (unpaired) electrons. The van der Waals surface area contributed by atoms with Gasteiger partial charge in [0.2, 0.25) is 11.8 Å². The number of nitrogens with one attached hydrogen (secondary N) is 2. The predicted octanol–water partition coefficient (Wildman–Crippen LogP) is 7.83. The molecule has 10 heteroatoms. The first-order valence-electron chi connectivity index (χ1n) is 13.9. The standard InChI is InChI=1S/C32H34BrClN6O2/c1-20(2)39-14-16-40(17-15-39)25-11-9-24(10-12-25)36-32-35-19-26(30(41)37-29-21(3)6-5-7-22(29)4)31(38-32)42-28-13-8-23(33)18-27(28)34/h5-13,18-20H,14-17H2,1-4H3,(H,37,41)(H,35,36,38). The fraction of sp³-hybridized carbons (Fsp3) is 0.281. The summed E-state index contributed by atoms with van der Waals surface area (Å²) in [6, 6.07) is 19.8. The molecule has 1 aliphatic rings. The van der Waals surface area contributed by atoms with Crippen LogP contribution in [0.1, 0.15) is 35.3 Å². The molecule has 0 atom stereocenters. The van der Waals surface area contributed by atoms with Crippen LogP contribution in [0.5, 0.6) is 11.6 Å². The lowest BCUT2D eigenvalue weighted by Gasteiger charge is -2.38. The summed E-state index contributed by atoms with van der Waals surface area (Å²) in [4.78, 5) is 27.4. The van der Waals surface area contributed by atoms with Crippen molar-refractivity contribution in [3.05, 3.63) is 93.0 Å². The number of carbonyl (C=O) groups is 1. The van der Waals surface area contributed by atoms with E-state index in [1.165, 1.54) is 11.9 Å². The van der Waals surface area contributed by atoms with Crippen LogP contribution in [0.3, 0.4) is 0 Å². The Hall–Kier alpha value is -3.66. The molecule has 0 spiro atoms. The number of piperazine rings is 1. The Morgan fingerprint density at radius 1 is 1.00 bits per heavy atom. The van der Waals surface area contributed by atoms with Crippen molar-refractivity contribution in [1.82, 2.24) is 14.9 Å². The monoisotopic (exact) mass is 648 g/mol. The van der Waals surface area contributed by atoms with Crippen molar-refractivity contribution in [1.29, 1.82) is 0 Å². The molecule has 1 aliphatic heterocycles. The van der Waals surface area contributed by atoms with Gasteiger partial charge in [-0.3, -0.25) is 9.69 Å². The minimum absolute atomic E-state index is 0.0834. The van der Waals surface area contributed by atoms with Crippen LogP contribution in [0.25, 0.3) is 0 Å². The maximum absolute atomic E-state index is 13.4. The number of nitrogens with zero attached hydrogens (tertiary/aromatic N) is 4. The number of carbonyl (C=O) groups excluding carboxylic acids is 1. The van der Waals surface area contributed by atoms with Crippen LogP contribution in [0.2, 0.25) is 5.02 Å². The first-order valence-corrected chi connectivity index (χ1v) is 15.1. The largest absolute Gasteiger partial charge is 0.436 e. The summed E-state index contributed by atoms with van der Waals surface area (Å²) in [5, 5.41) is 6.61. The molecular weight excluding hydrogens is 616 g/mol. The first kappa shape index (κ1) is 29.8. The van der Waals surface area contributed by atoms with Crippen LogP contribution in [0, 0.1) is 13.8 Å². The van der Waals surface area contributed by atoms with E-state index in [9.17, 15) is 4.79 Å². The fourth-order valence-corrected chi connectivity index (χ4v) is 5.61. The lowest BCUT2D eigenvalue weighted by Crippen LogP contribution is -2.48. The summed E-state index contributed by atoms with van der Waals surface area (Å²) in [6.45, 7) is 12.5. The summed E-state index contributed by atoms with van der Waals surface area (Å²) < 4.78 is 6.91. The van der Waals surface area contributed by atoms with Gasteiger partial charge < -0.3 is 20.3 Å². The van der Waals surface area contributed by atoms with E-state index < -0.39 is 0 Å². The van der Waals surface area contributed by atoms with Gasteiger partial charge in [0.25, 0.3) is 5.91 Å². The fourth-order valence-electron chi connectivity index (χ4n) is 4.90. The Balaban J connectivity index is 1.37. The van der Waals surface area contributed by atoms with Gasteiger partial charge in [-0.25, -0.2) is 4.98 Å². The molecule has 1 saturated heterocycles. The number of anilines is 4. The third kappa shape index (κ3) is 7.03. The zero-order chi connectivity index (χ0) is 29.8. The van der Waals surface area contributed by atoms with Crippen molar-refractivity contribution in [2.75, 3.05) is 41.7 Å². The molecule has 5 rings (SSSR count). The van der Waals surface area contributed by atoms with E-state index in [0.29, 0.717) is 22.8 Å². The highest BCUT2D eigenvalue weighted by molar-refractivity contribution is 9.10. The number of aromatic nitrogens is 2. The number of amides is 1. The molecule has 1 fully saturated rings. The molecule has 1 amide bonds. The molecule has 8 nitrogen and oxygen atoms in total. The van der Waals surface area contributed by atoms with Crippen LogP contribution in [-0.2, 0) is 0 Å². The lowest BCUT2D eigenvalue weighted by atomic mass is 10.1. The first-order chi connectivity index (χ1) is 20.2. The number of aryl methyl sites for hydroxylation is 2. The number of para-hydroxylation sites is 1. The van der Waals surface area contributed by atoms with Gasteiger partial charge in [-0.05, 0) is 81.3 Å². The van der Waals surface area contributed by atoms with Gasteiger partial charge in [-0.1, -0.05) is 45.7 Å². The van der Waals surface area contributed by atoms with Gasteiger partial charge in [-0.2, -0.15) is 4.98 Å². The summed E-state index contributed by atoms with van der Waals surface area (Å²) in [6.07, 6.45) is 1.46. The van der Waals surface area contributed by atoms with E-state index in [-0.39, 0.29) is 17.4 Å². The van der Waals surface area contributed by atoms with Crippen molar-refractivity contribution in [2.24, 2.45) is 0 Å². The van der Waals surface area contributed by atoms with E-state index in [0.717, 1.165) is 53.2 Å². The molecule has 2 heterocycles. The van der Waals surface area contributed by atoms with Crippen molar-refractivity contribution >= 4 is 56.4 Å². The van der Waals surface area contributed by atoms with Crippen LogP contribution in [0.4, 0.5) is 23.0 Å². The van der Waals surface area contributed by atoms with Crippen molar-refractivity contribution in [3.8, 4) is 11.6 Å². The van der Waals surface area contributed by atoms with Gasteiger partial charge >= 0.3 is 0 Å². The van der Waals surface area contributed by atoms with Gasteiger partial charge in [0.05, 0.1) is 5.02 Å². The maximum atomic E-state index is 13.4. The number of hydrogen-bond donors (Lipinski definition) is 2.